The summed E-state index contributed by atoms with van der Waals surface area (Å²) in [5.41, 5.74) is 3.14. The molecule has 0 radical (unpaired) electrons. The normalized spacial score (nSPS) is 22.9. The first-order chi connectivity index (χ1) is 17.2. The lowest BCUT2D eigenvalue weighted by atomic mass is 9.88. The van der Waals surface area contributed by atoms with E-state index in [1.807, 2.05) is 0 Å². The van der Waals surface area contributed by atoms with E-state index in [0.717, 1.165) is 23.1 Å². The topological polar surface area (TPSA) is 229 Å². The number of nitrogens with zero attached hydrogens (tertiary/aromatic N) is 3. The Labute approximate surface area is 210 Å². The summed E-state index contributed by atoms with van der Waals surface area (Å²) in [4.78, 5) is 79.7. The van der Waals surface area contributed by atoms with Gasteiger partial charge in [-0.3, -0.25) is 24.0 Å². The van der Waals surface area contributed by atoms with E-state index in [2.05, 4.69) is 30.2 Å². The molecule has 2 saturated heterocycles. The number of carboxylic acid groups (broad SMARTS) is 1. The monoisotopic (exact) mass is 544 g/mol. The van der Waals surface area contributed by atoms with Crippen LogP contribution in [0.4, 0.5) is 9.93 Å². The molecule has 16 nitrogen and oxygen atoms in total. The molecule has 2 unspecified atom stereocenters. The van der Waals surface area contributed by atoms with Crippen molar-refractivity contribution < 1.29 is 48.2 Å². The summed E-state index contributed by atoms with van der Waals surface area (Å²) in [6.45, 7) is -0.838. The van der Waals surface area contributed by atoms with Gasteiger partial charge in [-0.1, -0.05) is 5.16 Å². The van der Waals surface area contributed by atoms with Crippen LogP contribution in [0.15, 0.2) is 10.5 Å². The number of aliphatic carboxylic acids is 1. The van der Waals surface area contributed by atoms with Gasteiger partial charge in [-0.05, 0) is 0 Å². The van der Waals surface area contributed by atoms with Gasteiger partial charge in [0.15, 0.2) is 17.5 Å². The summed E-state index contributed by atoms with van der Waals surface area (Å²) >= 11 is 2.11. The number of ether oxygens (including phenoxy) is 2. The minimum atomic E-state index is -1.55. The Morgan fingerprint density at radius 1 is 1.36 bits per heavy atom. The number of β-lactam (4-membered cyclic amide) rings is 1. The molecule has 0 aromatic carbocycles. The fraction of sp³-hybridized carbons (Fsp3) is 0.444. The summed E-state index contributed by atoms with van der Waals surface area (Å²) in [5, 5.41) is 19.3. The lowest BCUT2D eigenvalue weighted by Gasteiger charge is -2.53. The SMILES string of the molecule is NC(=O)OCC1(C(=O)O)CS[C@@H]2C(NC(=O)C(=NOCCOC=O)c3csc(NC=O)n3)C(=O)N2C1. The van der Waals surface area contributed by atoms with Gasteiger partial charge in [0, 0.05) is 17.7 Å². The predicted molar refractivity (Wildman–Crippen MR) is 122 cm³/mol. The summed E-state index contributed by atoms with van der Waals surface area (Å²) in [6.07, 6.45) is -0.733. The van der Waals surface area contributed by atoms with E-state index >= 15 is 0 Å². The van der Waals surface area contributed by atoms with Gasteiger partial charge in [0.25, 0.3) is 12.4 Å². The minimum Gasteiger partial charge on any atom is -0.481 e. The number of carboxylic acids is 1. The molecule has 0 bridgehead atoms. The molecule has 0 aliphatic carbocycles. The van der Waals surface area contributed by atoms with Crippen molar-refractivity contribution in [3.8, 4) is 0 Å². The second-order valence-corrected chi connectivity index (χ2v) is 9.32. The lowest BCUT2D eigenvalue weighted by molar-refractivity contribution is -0.160. The van der Waals surface area contributed by atoms with Gasteiger partial charge in [0.05, 0.1) is 0 Å². The van der Waals surface area contributed by atoms with Crippen molar-refractivity contribution in [2.45, 2.75) is 11.4 Å². The van der Waals surface area contributed by atoms with Crippen LogP contribution >= 0.6 is 23.1 Å². The van der Waals surface area contributed by atoms with Gasteiger partial charge in [0.2, 0.25) is 12.3 Å². The zero-order valence-corrected chi connectivity index (χ0v) is 19.9. The van der Waals surface area contributed by atoms with Crippen molar-refractivity contribution in [2.75, 3.05) is 37.4 Å². The number of nitrogens with two attached hydrogens (primary N) is 1. The average molecular weight is 545 g/mol. The van der Waals surface area contributed by atoms with Crippen LogP contribution in [0, 0.1) is 5.41 Å². The first-order valence-electron chi connectivity index (χ1n) is 10.0. The van der Waals surface area contributed by atoms with E-state index in [9.17, 15) is 33.9 Å². The second kappa shape index (κ2) is 11.7. The third kappa shape index (κ3) is 5.82. The fourth-order valence-electron chi connectivity index (χ4n) is 3.27. The van der Waals surface area contributed by atoms with E-state index in [1.165, 1.54) is 10.3 Å². The summed E-state index contributed by atoms with van der Waals surface area (Å²) < 4.78 is 9.17. The zero-order valence-electron chi connectivity index (χ0n) is 18.3. The molecule has 1 aromatic rings. The molecule has 2 fully saturated rings. The highest BCUT2D eigenvalue weighted by molar-refractivity contribution is 8.00. The number of thioether (sulfide) groups is 1. The molecule has 3 atom stereocenters. The quantitative estimate of drug-likeness (QED) is 0.0706. The molecular weight excluding hydrogens is 524 g/mol. The molecule has 5 N–H and O–H groups in total. The number of thiazole rings is 1. The Balaban J connectivity index is 1.70. The van der Waals surface area contributed by atoms with Gasteiger partial charge in [-0.15, -0.1) is 23.1 Å². The van der Waals surface area contributed by atoms with Crippen LogP contribution in [-0.2, 0) is 38.3 Å². The van der Waals surface area contributed by atoms with Gasteiger partial charge < -0.3 is 40.7 Å². The standard InChI is InChI=1S/C18H20N6O10S2/c19-16(31)33-5-18(15(29)30)4-24-13(28)11(14(24)36-6-18)22-12(27)10(23-34-2-1-32-8-26)9-3-35-17(21-9)20-7-25/h3,7-8,11,14H,1-2,4-6H2,(H2,19,31)(H,22,27)(H,29,30)(H,20,21,25)/t11?,14-,18?/m1/s1. The molecule has 18 heteroatoms. The molecule has 0 spiro atoms. The van der Waals surface area contributed by atoms with E-state index < -0.39 is 47.3 Å². The number of carbonyl (C=O) groups excluding carboxylic acids is 5. The number of hydrogen-bond acceptors (Lipinski definition) is 13. The summed E-state index contributed by atoms with van der Waals surface area (Å²) in [5.74, 6) is -2.64. The van der Waals surface area contributed by atoms with Crippen molar-refractivity contribution in [3.05, 3.63) is 11.1 Å². The van der Waals surface area contributed by atoms with Crippen LogP contribution < -0.4 is 16.4 Å². The molecule has 0 saturated carbocycles. The number of amides is 4. The van der Waals surface area contributed by atoms with Gasteiger partial charge in [-0.2, -0.15) is 0 Å². The highest BCUT2D eigenvalue weighted by Gasteiger charge is 2.58. The second-order valence-electron chi connectivity index (χ2n) is 7.35. The maximum absolute atomic E-state index is 13.0. The molecule has 2 aliphatic heterocycles. The molecule has 36 heavy (non-hydrogen) atoms. The van der Waals surface area contributed by atoms with Crippen molar-refractivity contribution in [3.63, 3.8) is 0 Å². The highest BCUT2D eigenvalue weighted by Crippen LogP contribution is 2.42. The molecule has 2 aliphatic rings. The largest absolute Gasteiger partial charge is 0.481 e. The van der Waals surface area contributed by atoms with Crippen molar-refractivity contribution >= 4 is 70.7 Å². The Morgan fingerprint density at radius 2 is 2.14 bits per heavy atom. The van der Waals surface area contributed by atoms with Gasteiger partial charge >= 0.3 is 12.1 Å². The number of nitrogens with one attached hydrogen (secondary N) is 2. The lowest BCUT2D eigenvalue weighted by Crippen LogP contribution is -2.74. The number of aromatic nitrogens is 1. The first kappa shape index (κ1) is 26.7. The highest BCUT2D eigenvalue weighted by atomic mass is 32.2. The van der Waals surface area contributed by atoms with Crippen LogP contribution in [0.1, 0.15) is 5.69 Å². The maximum Gasteiger partial charge on any atom is 0.404 e. The Morgan fingerprint density at radius 3 is 2.81 bits per heavy atom. The Hall–Kier alpha value is -3.93. The number of carbonyl (C=O) groups is 6. The smallest absolute Gasteiger partial charge is 0.404 e. The predicted octanol–water partition coefficient (Wildman–Crippen LogP) is -1.83. The average Bonchev–Trinajstić information content (AvgIpc) is 3.31. The van der Waals surface area contributed by atoms with Gasteiger partial charge in [0.1, 0.15) is 35.7 Å². The van der Waals surface area contributed by atoms with Crippen LogP contribution in [0.25, 0.3) is 0 Å². The number of oxime groups is 1. The molecule has 3 heterocycles. The third-order valence-corrected chi connectivity index (χ3v) is 7.40. The third-order valence-electron chi connectivity index (χ3n) is 5.04. The van der Waals surface area contributed by atoms with Crippen molar-refractivity contribution in [1.29, 1.82) is 0 Å². The zero-order chi connectivity index (χ0) is 26.3. The van der Waals surface area contributed by atoms with Crippen LogP contribution in [0.2, 0.25) is 0 Å². The Kier molecular flexibility index (Phi) is 8.64. The number of hydrogen-bond donors (Lipinski definition) is 4. The van der Waals surface area contributed by atoms with E-state index in [4.69, 9.17) is 10.6 Å². The van der Waals surface area contributed by atoms with Crippen molar-refractivity contribution in [2.24, 2.45) is 16.3 Å². The maximum atomic E-state index is 13.0. The van der Waals surface area contributed by atoms with Crippen LogP contribution in [0.5, 0.6) is 0 Å². The Bertz CT molecular complexity index is 1080. The van der Waals surface area contributed by atoms with Crippen molar-refractivity contribution in [1.82, 2.24) is 15.2 Å². The number of primary amides is 1. The minimum absolute atomic E-state index is 0.00989. The molecule has 4 amide bonds. The summed E-state index contributed by atoms with van der Waals surface area (Å²) in [7, 11) is 0. The van der Waals surface area contributed by atoms with E-state index in [1.54, 1.807) is 0 Å². The summed E-state index contributed by atoms with van der Waals surface area (Å²) in [6, 6.07) is -0.999. The number of anilines is 1. The number of rotatable bonds is 13. The first-order valence-corrected chi connectivity index (χ1v) is 11.9. The van der Waals surface area contributed by atoms with Crippen LogP contribution in [-0.4, -0.2) is 101 Å². The molecule has 3 rings (SSSR count). The van der Waals surface area contributed by atoms with Crippen LogP contribution in [0.3, 0.4) is 0 Å². The molecule has 194 valence electrons. The molecule has 1 aromatic heterocycles. The fourth-order valence-corrected chi connectivity index (χ4v) is 5.45. The van der Waals surface area contributed by atoms with E-state index in [-0.39, 0.29) is 48.5 Å². The van der Waals surface area contributed by atoms with Gasteiger partial charge in [-0.25, -0.2) is 9.78 Å². The van der Waals surface area contributed by atoms with E-state index in [0.29, 0.717) is 6.41 Å². The molecular formula is C18H20N6O10S2. The number of fused-ring (bicyclic) bond motifs is 1.